The minimum absolute atomic E-state index is 0.839. The fraction of sp³-hybridized carbons (Fsp3) is 0.500. The molecule has 4 nitrogen and oxygen atoms in total. The fourth-order valence-electron chi connectivity index (χ4n) is 2.90. The molecule has 1 heterocycles. The Balaban J connectivity index is 2.27. The monoisotopic (exact) mass is 326 g/mol. The molecule has 0 aliphatic heterocycles. The number of aryl methyl sites for hydroxylation is 1. The van der Waals surface area contributed by atoms with Crippen molar-refractivity contribution in [1.29, 1.82) is 0 Å². The van der Waals surface area contributed by atoms with Crippen molar-refractivity contribution in [2.45, 2.75) is 47.1 Å². The summed E-state index contributed by atoms with van der Waals surface area (Å²) in [6, 6.07) is 12.7. The number of aromatic nitrogens is 2. The van der Waals surface area contributed by atoms with Crippen molar-refractivity contribution >= 4 is 11.6 Å². The largest absolute Gasteiger partial charge is 0.356 e. The quantitative estimate of drug-likeness (QED) is 0.682. The standard InChI is InChI=1S/C20H30N4/c1-5-13-24(14-6-2)20-15-19(21-17(4)22-20)23(7-3)16-18-11-9-8-10-12-18/h8-12,15H,5-7,13-14,16H2,1-4H3. The van der Waals surface area contributed by atoms with E-state index in [1.165, 1.54) is 5.56 Å². The first-order valence-corrected chi connectivity index (χ1v) is 9.07. The van der Waals surface area contributed by atoms with Crippen molar-refractivity contribution in [3.05, 3.63) is 47.8 Å². The van der Waals surface area contributed by atoms with Crippen molar-refractivity contribution in [1.82, 2.24) is 9.97 Å². The van der Waals surface area contributed by atoms with Gasteiger partial charge >= 0.3 is 0 Å². The molecule has 0 spiro atoms. The molecule has 0 aliphatic carbocycles. The SMILES string of the molecule is CCCN(CCC)c1cc(N(CC)Cc2ccccc2)nc(C)n1. The molecule has 1 aromatic carbocycles. The van der Waals surface area contributed by atoms with Crippen LogP contribution in [0.2, 0.25) is 0 Å². The summed E-state index contributed by atoms with van der Waals surface area (Å²) in [4.78, 5) is 14.1. The highest BCUT2D eigenvalue weighted by atomic mass is 15.2. The average Bonchev–Trinajstić information content (AvgIpc) is 2.60. The van der Waals surface area contributed by atoms with Gasteiger partial charge in [-0.1, -0.05) is 44.2 Å². The minimum Gasteiger partial charge on any atom is -0.356 e. The zero-order valence-corrected chi connectivity index (χ0v) is 15.5. The molecule has 0 atom stereocenters. The third-order valence-corrected chi connectivity index (χ3v) is 4.04. The van der Waals surface area contributed by atoms with E-state index in [2.05, 4.69) is 72.0 Å². The molecule has 2 aromatic rings. The normalized spacial score (nSPS) is 10.7. The van der Waals surface area contributed by atoms with Gasteiger partial charge in [-0.05, 0) is 32.3 Å². The van der Waals surface area contributed by atoms with Crippen molar-refractivity contribution in [2.75, 3.05) is 29.4 Å². The molecule has 0 amide bonds. The Morgan fingerprint density at radius 1 is 0.833 bits per heavy atom. The molecule has 130 valence electrons. The van der Waals surface area contributed by atoms with Crippen molar-refractivity contribution in [2.24, 2.45) is 0 Å². The molecule has 0 bridgehead atoms. The van der Waals surface area contributed by atoms with Crippen LogP contribution in [0.1, 0.15) is 45.0 Å². The van der Waals surface area contributed by atoms with Crippen LogP contribution in [0.4, 0.5) is 11.6 Å². The molecule has 0 saturated carbocycles. The Morgan fingerprint density at radius 3 is 1.96 bits per heavy atom. The zero-order chi connectivity index (χ0) is 17.4. The molecule has 24 heavy (non-hydrogen) atoms. The fourth-order valence-corrected chi connectivity index (χ4v) is 2.90. The molecular weight excluding hydrogens is 296 g/mol. The number of nitrogens with zero attached hydrogens (tertiary/aromatic N) is 4. The van der Waals surface area contributed by atoms with E-state index in [1.54, 1.807) is 0 Å². The maximum atomic E-state index is 4.69. The van der Waals surface area contributed by atoms with E-state index in [4.69, 9.17) is 4.98 Å². The summed E-state index contributed by atoms with van der Waals surface area (Å²) in [6.07, 6.45) is 2.25. The Hall–Kier alpha value is -2.10. The summed E-state index contributed by atoms with van der Waals surface area (Å²) in [6.45, 7) is 12.5. The van der Waals surface area contributed by atoms with Gasteiger partial charge < -0.3 is 9.80 Å². The predicted molar refractivity (Wildman–Crippen MR) is 103 cm³/mol. The van der Waals surface area contributed by atoms with Crippen LogP contribution in [0.15, 0.2) is 36.4 Å². The second kappa shape index (κ2) is 9.26. The van der Waals surface area contributed by atoms with E-state index in [9.17, 15) is 0 Å². The molecule has 0 saturated heterocycles. The van der Waals surface area contributed by atoms with Crippen LogP contribution in [0.25, 0.3) is 0 Å². The van der Waals surface area contributed by atoms with Gasteiger partial charge in [0.05, 0.1) is 0 Å². The number of rotatable bonds is 9. The van der Waals surface area contributed by atoms with E-state index in [0.717, 1.165) is 56.5 Å². The van der Waals surface area contributed by atoms with Crippen LogP contribution in [-0.4, -0.2) is 29.6 Å². The number of hydrogen-bond donors (Lipinski definition) is 0. The summed E-state index contributed by atoms with van der Waals surface area (Å²) >= 11 is 0. The summed E-state index contributed by atoms with van der Waals surface area (Å²) in [7, 11) is 0. The summed E-state index contributed by atoms with van der Waals surface area (Å²) in [5.41, 5.74) is 1.30. The van der Waals surface area contributed by atoms with Gasteiger partial charge in [0, 0.05) is 32.2 Å². The summed E-state index contributed by atoms with van der Waals surface area (Å²) < 4.78 is 0. The molecule has 0 unspecified atom stereocenters. The van der Waals surface area contributed by atoms with Crippen LogP contribution >= 0.6 is 0 Å². The van der Waals surface area contributed by atoms with E-state index in [1.807, 2.05) is 6.92 Å². The lowest BCUT2D eigenvalue weighted by molar-refractivity contribution is 0.726. The van der Waals surface area contributed by atoms with Gasteiger partial charge in [-0.25, -0.2) is 9.97 Å². The molecule has 0 radical (unpaired) electrons. The Morgan fingerprint density at radius 2 is 1.42 bits per heavy atom. The molecule has 0 fully saturated rings. The molecular formula is C20H30N4. The van der Waals surface area contributed by atoms with Gasteiger partial charge in [-0.2, -0.15) is 0 Å². The van der Waals surface area contributed by atoms with Gasteiger partial charge in [0.25, 0.3) is 0 Å². The first-order chi connectivity index (χ1) is 11.7. The zero-order valence-electron chi connectivity index (χ0n) is 15.5. The summed E-state index contributed by atoms with van der Waals surface area (Å²) in [5, 5.41) is 0. The lowest BCUT2D eigenvalue weighted by Crippen LogP contribution is -2.28. The highest BCUT2D eigenvalue weighted by Crippen LogP contribution is 2.21. The highest BCUT2D eigenvalue weighted by molar-refractivity contribution is 5.51. The van der Waals surface area contributed by atoms with Gasteiger partial charge in [0.2, 0.25) is 0 Å². The first kappa shape index (κ1) is 18.2. The topological polar surface area (TPSA) is 32.3 Å². The molecule has 1 aromatic heterocycles. The molecule has 2 rings (SSSR count). The third-order valence-electron chi connectivity index (χ3n) is 4.04. The molecule has 0 aliphatic rings. The predicted octanol–water partition coefficient (Wildman–Crippen LogP) is 4.44. The van der Waals surface area contributed by atoms with Crippen LogP contribution in [0, 0.1) is 6.92 Å². The number of anilines is 2. The van der Waals surface area contributed by atoms with Crippen LogP contribution in [0.5, 0.6) is 0 Å². The average molecular weight is 326 g/mol. The number of benzene rings is 1. The van der Waals surface area contributed by atoms with Crippen molar-refractivity contribution in [3.8, 4) is 0 Å². The van der Waals surface area contributed by atoms with Gasteiger partial charge in [0.1, 0.15) is 17.5 Å². The van der Waals surface area contributed by atoms with Crippen LogP contribution in [0.3, 0.4) is 0 Å². The number of hydrogen-bond acceptors (Lipinski definition) is 4. The van der Waals surface area contributed by atoms with Gasteiger partial charge in [-0.15, -0.1) is 0 Å². The maximum Gasteiger partial charge on any atom is 0.134 e. The summed E-state index contributed by atoms with van der Waals surface area (Å²) in [5.74, 6) is 2.90. The smallest absolute Gasteiger partial charge is 0.134 e. The van der Waals surface area contributed by atoms with E-state index >= 15 is 0 Å². The Labute approximate surface area is 146 Å². The highest BCUT2D eigenvalue weighted by Gasteiger charge is 2.13. The Kier molecular flexibility index (Phi) is 7.04. The lowest BCUT2D eigenvalue weighted by Gasteiger charge is -2.26. The van der Waals surface area contributed by atoms with Gasteiger partial charge in [0.15, 0.2) is 0 Å². The van der Waals surface area contributed by atoms with Crippen molar-refractivity contribution in [3.63, 3.8) is 0 Å². The van der Waals surface area contributed by atoms with Crippen LogP contribution in [-0.2, 0) is 6.54 Å². The Bertz CT molecular complexity index is 606. The van der Waals surface area contributed by atoms with Crippen molar-refractivity contribution < 1.29 is 0 Å². The van der Waals surface area contributed by atoms with Gasteiger partial charge in [-0.3, -0.25) is 0 Å². The second-order valence-corrected chi connectivity index (χ2v) is 6.12. The van der Waals surface area contributed by atoms with E-state index in [-0.39, 0.29) is 0 Å². The minimum atomic E-state index is 0.839. The lowest BCUT2D eigenvalue weighted by atomic mass is 10.2. The molecule has 4 heteroatoms. The molecule has 0 N–H and O–H groups in total. The first-order valence-electron chi connectivity index (χ1n) is 9.07. The van der Waals surface area contributed by atoms with Crippen LogP contribution < -0.4 is 9.80 Å². The van der Waals surface area contributed by atoms with E-state index < -0.39 is 0 Å². The van der Waals surface area contributed by atoms with E-state index in [0.29, 0.717) is 0 Å². The maximum absolute atomic E-state index is 4.69. The third kappa shape index (κ3) is 4.95. The second-order valence-electron chi connectivity index (χ2n) is 6.12.